The Hall–Kier alpha value is -1.65. The zero-order valence-corrected chi connectivity index (χ0v) is 17.1. The number of halogens is 1. The molecule has 0 heterocycles. The average Bonchev–Trinajstić information content (AvgIpc) is 2.62. The molecule has 0 saturated heterocycles. The minimum absolute atomic E-state index is 0.0610. The van der Waals surface area contributed by atoms with Gasteiger partial charge in [0.1, 0.15) is 5.75 Å². The lowest BCUT2D eigenvalue weighted by atomic mass is 10.1. The average molecular weight is 392 g/mol. The fourth-order valence-electron chi connectivity index (χ4n) is 2.45. The van der Waals surface area contributed by atoms with Crippen molar-refractivity contribution in [3.63, 3.8) is 0 Å². The predicted molar refractivity (Wildman–Crippen MR) is 111 cm³/mol. The van der Waals surface area contributed by atoms with Crippen molar-refractivity contribution in [2.24, 2.45) is 0 Å². The van der Waals surface area contributed by atoms with Crippen molar-refractivity contribution < 1.29 is 9.53 Å². The van der Waals surface area contributed by atoms with E-state index < -0.39 is 6.10 Å². The molecule has 2 rings (SSSR count). The Morgan fingerprint density at radius 2 is 2.00 bits per heavy atom. The van der Waals surface area contributed by atoms with E-state index in [0.29, 0.717) is 13.0 Å². The van der Waals surface area contributed by atoms with Crippen LogP contribution in [0.5, 0.6) is 5.75 Å². The van der Waals surface area contributed by atoms with E-state index in [1.54, 1.807) is 11.8 Å². The van der Waals surface area contributed by atoms with Crippen LogP contribution in [0.3, 0.4) is 0 Å². The molecule has 3 nitrogen and oxygen atoms in total. The lowest BCUT2D eigenvalue weighted by Crippen LogP contribution is -2.39. The van der Waals surface area contributed by atoms with Crippen LogP contribution in [0.2, 0.25) is 5.02 Å². The summed E-state index contributed by atoms with van der Waals surface area (Å²) in [4.78, 5) is 12.3. The van der Waals surface area contributed by atoms with Gasteiger partial charge in [0.25, 0.3) is 5.91 Å². The van der Waals surface area contributed by atoms with E-state index in [0.717, 1.165) is 27.8 Å². The summed E-state index contributed by atoms with van der Waals surface area (Å²) in [6.07, 6.45) is 0.170. The van der Waals surface area contributed by atoms with Crippen molar-refractivity contribution in [3.8, 4) is 5.75 Å². The van der Waals surface area contributed by atoms with Gasteiger partial charge in [-0.1, -0.05) is 36.7 Å². The molecule has 140 valence electrons. The van der Waals surface area contributed by atoms with Gasteiger partial charge in [-0.2, -0.15) is 11.8 Å². The van der Waals surface area contributed by atoms with Gasteiger partial charge in [0.15, 0.2) is 6.10 Å². The van der Waals surface area contributed by atoms with E-state index in [9.17, 15) is 4.79 Å². The number of amides is 1. The molecule has 0 aromatic heterocycles. The summed E-state index contributed by atoms with van der Waals surface area (Å²) in [5.74, 6) is 2.41. The van der Waals surface area contributed by atoms with Gasteiger partial charge in [0.2, 0.25) is 0 Å². The Morgan fingerprint density at radius 1 is 1.19 bits per heavy atom. The molecule has 2 aromatic rings. The fraction of sp³-hybridized carbons (Fsp3) is 0.381. The number of hydrogen-bond donors (Lipinski definition) is 1. The number of thioether (sulfide) groups is 1. The van der Waals surface area contributed by atoms with E-state index in [2.05, 4.69) is 18.3 Å². The molecule has 0 fully saturated rings. The molecule has 5 heteroatoms. The number of benzene rings is 2. The highest BCUT2D eigenvalue weighted by Gasteiger charge is 2.18. The first kappa shape index (κ1) is 20.7. The summed E-state index contributed by atoms with van der Waals surface area (Å²) < 4.78 is 5.87. The molecule has 0 unspecified atom stereocenters. The third kappa shape index (κ3) is 6.58. The topological polar surface area (TPSA) is 38.3 Å². The molecule has 0 saturated carbocycles. The number of hydrogen-bond acceptors (Lipinski definition) is 3. The van der Waals surface area contributed by atoms with E-state index in [-0.39, 0.29) is 5.91 Å². The largest absolute Gasteiger partial charge is 0.481 e. The zero-order chi connectivity index (χ0) is 18.9. The second-order valence-corrected chi connectivity index (χ2v) is 7.78. The summed E-state index contributed by atoms with van der Waals surface area (Å²) in [5.41, 5.74) is 3.57. The molecule has 2 aromatic carbocycles. The monoisotopic (exact) mass is 391 g/mol. The van der Waals surface area contributed by atoms with E-state index >= 15 is 0 Å². The second-order valence-electron chi connectivity index (χ2n) is 6.23. The highest BCUT2D eigenvalue weighted by atomic mass is 35.5. The fourth-order valence-corrected chi connectivity index (χ4v) is 3.47. The van der Waals surface area contributed by atoms with Crippen LogP contribution in [0.1, 0.15) is 30.0 Å². The van der Waals surface area contributed by atoms with Gasteiger partial charge in [0.05, 0.1) is 0 Å². The minimum Gasteiger partial charge on any atom is -0.481 e. The summed E-state index contributed by atoms with van der Waals surface area (Å²) in [6, 6.07) is 13.8. The van der Waals surface area contributed by atoms with Gasteiger partial charge in [-0.15, -0.1) is 0 Å². The van der Waals surface area contributed by atoms with Crippen LogP contribution in [-0.4, -0.2) is 24.3 Å². The van der Waals surface area contributed by atoms with Crippen LogP contribution in [0.4, 0.5) is 0 Å². The number of nitrogens with one attached hydrogen (secondary N) is 1. The smallest absolute Gasteiger partial charge is 0.261 e. The lowest BCUT2D eigenvalue weighted by molar-refractivity contribution is -0.127. The van der Waals surface area contributed by atoms with Crippen molar-refractivity contribution in [3.05, 3.63) is 64.2 Å². The Kier molecular flexibility index (Phi) is 8.33. The number of aryl methyl sites for hydroxylation is 2. The first-order valence-electron chi connectivity index (χ1n) is 8.83. The van der Waals surface area contributed by atoms with Gasteiger partial charge < -0.3 is 10.1 Å². The number of rotatable bonds is 9. The quantitative estimate of drug-likeness (QED) is 0.599. The van der Waals surface area contributed by atoms with Crippen molar-refractivity contribution in [1.29, 1.82) is 0 Å². The molecule has 0 aliphatic carbocycles. The third-order valence-corrected chi connectivity index (χ3v) is 5.39. The summed E-state index contributed by atoms with van der Waals surface area (Å²) in [6.45, 7) is 6.68. The molecule has 1 atom stereocenters. The normalized spacial score (nSPS) is 11.8. The molecule has 1 N–H and O–H groups in total. The standard InChI is InChI=1S/C21H26ClNO2S/c1-4-20(25-19-9-8-15(2)16(3)12-19)21(24)23-10-11-26-14-17-6-5-7-18(22)13-17/h5-9,12-13,20H,4,10-11,14H2,1-3H3,(H,23,24)/t20-/m0/s1. The SMILES string of the molecule is CC[C@H](Oc1ccc(C)c(C)c1)C(=O)NCCSCc1cccc(Cl)c1. The first-order chi connectivity index (χ1) is 12.5. The van der Waals surface area contributed by atoms with Gasteiger partial charge >= 0.3 is 0 Å². The zero-order valence-electron chi connectivity index (χ0n) is 15.5. The summed E-state index contributed by atoms with van der Waals surface area (Å²) >= 11 is 7.75. The highest BCUT2D eigenvalue weighted by molar-refractivity contribution is 7.98. The Balaban J connectivity index is 1.73. The van der Waals surface area contributed by atoms with E-state index in [1.165, 1.54) is 11.1 Å². The Bertz CT molecular complexity index is 736. The minimum atomic E-state index is -0.463. The van der Waals surface area contributed by atoms with Crippen molar-refractivity contribution in [2.75, 3.05) is 12.3 Å². The predicted octanol–water partition coefficient (Wildman–Crippen LogP) is 5.16. The number of ether oxygens (including phenoxy) is 1. The van der Waals surface area contributed by atoms with Crippen molar-refractivity contribution in [2.45, 2.75) is 39.0 Å². The van der Waals surface area contributed by atoms with Crippen LogP contribution in [0.15, 0.2) is 42.5 Å². The summed E-state index contributed by atoms with van der Waals surface area (Å²) in [5, 5.41) is 3.72. The van der Waals surface area contributed by atoms with Gasteiger partial charge in [-0.05, 0) is 61.2 Å². The number of carbonyl (C=O) groups excluding carboxylic acids is 1. The third-order valence-electron chi connectivity index (χ3n) is 4.12. The van der Waals surface area contributed by atoms with Gasteiger partial charge in [-0.25, -0.2) is 0 Å². The number of carbonyl (C=O) groups is 1. The molecule has 26 heavy (non-hydrogen) atoms. The lowest BCUT2D eigenvalue weighted by Gasteiger charge is -2.18. The maximum Gasteiger partial charge on any atom is 0.261 e. The van der Waals surface area contributed by atoms with E-state index in [1.807, 2.05) is 50.2 Å². The second kappa shape index (κ2) is 10.5. The van der Waals surface area contributed by atoms with Crippen molar-refractivity contribution in [1.82, 2.24) is 5.32 Å². The molecule has 1 amide bonds. The molecule has 0 aliphatic rings. The highest BCUT2D eigenvalue weighted by Crippen LogP contribution is 2.19. The van der Waals surface area contributed by atoms with Crippen LogP contribution >= 0.6 is 23.4 Å². The molecule has 0 radical (unpaired) electrons. The maximum atomic E-state index is 12.3. The maximum absolute atomic E-state index is 12.3. The summed E-state index contributed by atoms with van der Waals surface area (Å²) in [7, 11) is 0. The van der Waals surface area contributed by atoms with Crippen LogP contribution in [0.25, 0.3) is 0 Å². The Morgan fingerprint density at radius 3 is 2.69 bits per heavy atom. The van der Waals surface area contributed by atoms with Gasteiger partial charge in [0, 0.05) is 23.1 Å². The Labute approximate surface area is 165 Å². The van der Waals surface area contributed by atoms with E-state index in [4.69, 9.17) is 16.3 Å². The van der Waals surface area contributed by atoms with Crippen LogP contribution in [-0.2, 0) is 10.5 Å². The van der Waals surface area contributed by atoms with Crippen molar-refractivity contribution >= 4 is 29.3 Å². The van der Waals surface area contributed by atoms with Crippen LogP contribution < -0.4 is 10.1 Å². The molecule has 0 aliphatic heterocycles. The molecule has 0 spiro atoms. The first-order valence-corrected chi connectivity index (χ1v) is 10.4. The molecule has 0 bridgehead atoms. The van der Waals surface area contributed by atoms with Gasteiger partial charge in [-0.3, -0.25) is 4.79 Å². The molecular formula is C21H26ClNO2S. The molecular weight excluding hydrogens is 366 g/mol. The van der Waals surface area contributed by atoms with Crippen LogP contribution in [0, 0.1) is 13.8 Å².